The Labute approximate surface area is 141 Å². The number of amides is 1. The molecule has 6 nitrogen and oxygen atoms in total. The monoisotopic (exact) mass is 349 g/mol. The van der Waals surface area contributed by atoms with Crippen molar-refractivity contribution in [2.24, 2.45) is 0 Å². The van der Waals surface area contributed by atoms with Gasteiger partial charge in [0.05, 0.1) is 11.5 Å². The molecule has 0 fully saturated rings. The first kappa shape index (κ1) is 16.5. The van der Waals surface area contributed by atoms with Gasteiger partial charge in [-0.1, -0.05) is 11.2 Å². The summed E-state index contributed by atoms with van der Waals surface area (Å²) in [6, 6.07) is 4.32. The molecule has 2 heterocycles. The zero-order valence-corrected chi connectivity index (χ0v) is 14.2. The summed E-state index contributed by atoms with van der Waals surface area (Å²) < 4.78 is 25.1. The molecule has 0 spiro atoms. The number of halogens is 1. The van der Waals surface area contributed by atoms with Crippen LogP contribution < -0.4 is 5.32 Å². The SMILES string of the molecule is COCc1c(C(=O)N[C@@H](C)c2nc(C)no2)sc2cccc(F)c12. The van der Waals surface area contributed by atoms with Crippen LogP contribution in [0.1, 0.15) is 39.9 Å². The second-order valence-electron chi connectivity index (χ2n) is 5.33. The van der Waals surface area contributed by atoms with Gasteiger partial charge in [-0.3, -0.25) is 4.79 Å². The molecule has 0 saturated carbocycles. The minimum Gasteiger partial charge on any atom is -0.380 e. The lowest BCUT2D eigenvalue weighted by Crippen LogP contribution is -2.27. The highest BCUT2D eigenvalue weighted by molar-refractivity contribution is 7.21. The molecule has 1 amide bonds. The Morgan fingerprint density at radius 2 is 2.29 bits per heavy atom. The van der Waals surface area contributed by atoms with Crippen molar-refractivity contribution >= 4 is 27.3 Å². The maximum atomic E-state index is 14.2. The Balaban J connectivity index is 1.94. The molecular weight excluding hydrogens is 333 g/mol. The number of thiophene rings is 1. The third kappa shape index (κ3) is 3.02. The van der Waals surface area contributed by atoms with E-state index in [1.807, 2.05) is 0 Å². The molecule has 24 heavy (non-hydrogen) atoms. The number of hydrogen-bond acceptors (Lipinski definition) is 6. The molecule has 1 aromatic carbocycles. The van der Waals surface area contributed by atoms with Gasteiger partial charge in [-0.15, -0.1) is 11.3 Å². The number of nitrogens with one attached hydrogen (secondary N) is 1. The predicted octanol–water partition coefficient (Wildman–Crippen LogP) is 3.37. The maximum absolute atomic E-state index is 14.2. The van der Waals surface area contributed by atoms with Crippen LogP contribution in [0.4, 0.5) is 4.39 Å². The summed E-state index contributed by atoms with van der Waals surface area (Å²) >= 11 is 1.23. The summed E-state index contributed by atoms with van der Waals surface area (Å²) in [5, 5.41) is 6.94. The molecular formula is C16H16FN3O3S. The Morgan fingerprint density at radius 1 is 1.50 bits per heavy atom. The second-order valence-corrected chi connectivity index (χ2v) is 6.38. The molecule has 126 valence electrons. The lowest BCUT2D eigenvalue weighted by atomic mass is 10.1. The van der Waals surface area contributed by atoms with E-state index in [0.717, 1.165) is 0 Å². The van der Waals surface area contributed by atoms with Gasteiger partial charge in [-0.25, -0.2) is 4.39 Å². The molecule has 0 aliphatic carbocycles. The first-order valence-electron chi connectivity index (χ1n) is 7.31. The Bertz CT molecular complexity index is 890. The van der Waals surface area contributed by atoms with Gasteiger partial charge in [0.25, 0.3) is 5.91 Å². The molecule has 0 saturated heterocycles. The standard InChI is InChI=1S/C16H16FN3O3S/c1-8(16-19-9(2)20-23-16)18-15(21)14-10(7-22-3)13-11(17)5-4-6-12(13)24-14/h4-6,8H,7H2,1-3H3,(H,18,21)/t8-/m0/s1. The number of rotatable bonds is 5. The lowest BCUT2D eigenvalue weighted by molar-refractivity contribution is 0.0932. The topological polar surface area (TPSA) is 77.2 Å². The number of aryl methyl sites for hydroxylation is 1. The van der Waals surface area contributed by atoms with Gasteiger partial charge >= 0.3 is 0 Å². The summed E-state index contributed by atoms with van der Waals surface area (Å²) in [5.41, 5.74) is 0.544. The minimum atomic E-state index is -0.454. The number of carbonyl (C=O) groups is 1. The fourth-order valence-electron chi connectivity index (χ4n) is 2.45. The van der Waals surface area contributed by atoms with Crippen LogP contribution in [0.25, 0.3) is 10.1 Å². The largest absolute Gasteiger partial charge is 0.380 e. The van der Waals surface area contributed by atoms with E-state index in [0.29, 0.717) is 32.2 Å². The maximum Gasteiger partial charge on any atom is 0.262 e. The zero-order chi connectivity index (χ0) is 17.3. The summed E-state index contributed by atoms with van der Waals surface area (Å²) in [6.45, 7) is 3.60. The third-order valence-corrected chi connectivity index (χ3v) is 4.72. The number of hydrogen-bond donors (Lipinski definition) is 1. The molecule has 3 rings (SSSR count). The van der Waals surface area contributed by atoms with Crippen LogP contribution in [0.3, 0.4) is 0 Å². The van der Waals surface area contributed by atoms with Crippen LogP contribution >= 0.6 is 11.3 Å². The quantitative estimate of drug-likeness (QED) is 0.764. The van der Waals surface area contributed by atoms with Crippen LogP contribution in [0.2, 0.25) is 0 Å². The van der Waals surface area contributed by atoms with E-state index in [1.54, 1.807) is 26.0 Å². The van der Waals surface area contributed by atoms with E-state index >= 15 is 0 Å². The smallest absolute Gasteiger partial charge is 0.262 e. The van der Waals surface area contributed by atoms with Gasteiger partial charge in [0.15, 0.2) is 5.82 Å². The van der Waals surface area contributed by atoms with Crippen molar-refractivity contribution in [1.82, 2.24) is 15.5 Å². The van der Waals surface area contributed by atoms with Gasteiger partial charge in [0, 0.05) is 22.8 Å². The van der Waals surface area contributed by atoms with Crippen LogP contribution in [0, 0.1) is 12.7 Å². The van der Waals surface area contributed by atoms with Crippen molar-refractivity contribution in [1.29, 1.82) is 0 Å². The average molecular weight is 349 g/mol. The number of benzene rings is 1. The third-order valence-electron chi connectivity index (χ3n) is 3.52. The number of carbonyl (C=O) groups excluding carboxylic acids is 1. The highest BCUT2D eigenvalue weighted by Gasteiger charge is 2.23. The van der Waals surface area contributed by atoms with Gasteiger partial charge in [0.2, 0.25) is 5.89 Å². The number of nitrogens with zero attached hydrogens (tertiary/aromatic N) is 2. The molecule has 8 heteroatoms. The Morgan fingerprint density at radius 3 is 2.96 bits per heavy atom. The van der Waals surface area contributed by atoms with Crippen molar-refractivity contribution in [2.45, 2.75) is 26.5 Å². The number of aromatic nitrogens is 2. The number of fused-ring (bicyclic) bond motifs is 1. The fraction of sp³-hybridized carbons (Fsp3) is 0.312. The first-order chi connectivity index (χ1) is 11.5. The molecule has 0 unspecified atom stereocenters. The highest BCUT2D eigenvalue weighted by Crippen LogP contribution is 2.34. The van der Waals surface area contributed by atoms with E-state index in [-0.39, 0.29) is 18.3 Å². The van der Waals surface area contributed by atoms with Gasteiger partial charge in [0.1, 0.15) is 11.9 Å². The first-order valence-corrected chi connectivity index (χ1v) is 8.12. The normalized spacial score (nSPS) is 12.5. The molecule has 2 aromatic heterocycles. The molecule has 0 radical (unpaired) electrons. The summed E-state index contributed by atoms with van der Waals surface area (Å²) in [5.74, 6) is 0.123. The molecule has 3 aromatic rings. The Kier molecular flexibility index (Phi) is 4.59. The minimum absolute atomic E-state index is 0.151. The second kappa shape index (κ2) is 6.66. The van der Waals surface area contributed by atoms with Gasteiger partial charge in [-0.05, 0) is 26.0 Å². The van der Waals surface area contributed by atoms with Crippen LogP contribution in [0.15, 0.2) is 22.7 Å². The van der Waals surface area contributed by atoms with Crippen molar-refractivity contribution in [3.05, 3.63) is 46.2 Å². The summed E-state index contributed by atoms with van der Waals surface area (Å²) in [6.07, 6.45) is 0. The van der Waals surface area contributed by atoms with Gasteiger partial charge in [-0.2, -0.15) is 4.98 Å². The lowest BCUT2D eigenvalue weighted by Gasteiger charge is -2.10. The molecule has 1 atom stereocenters. The van der Waals surface area contributed by atoms with Crippen molar-refractivity contribution in [3.63, 3.8) is 0 Å². The molecule has 1 N–H and O–H groups in total. The molecule has 0 aliphatic heterocycles. The van der Waals surface area contributed by atoms with E-state index < -0.39 is 6.04 Å². The van der Waals surface area contributed by atoms with E-state index in [4.69, 9.17) is 9.26 Å². The molecule has 0 bridgehead atoms. The van der Waals surface area contributed by atoms with Gasteiger partial charge < -0.3 is 14.6 Å². The Hall–Kier alpha value is -2.32. The van der Waals surface area contributed by atoms with Crippen molar-refractivity contribution in [3.8, 4) is 0 Å². The highest BCUT2D eigenvalue weighted by atomic mass is 32.1. The summed E-state index contributed by atoms with van der Waals surface area (Å²) in [4.78, 5) is 17.2. The van der Waals surface area contributed by atoms with E-state index in [1.165, 1.54) is 24.5 Å². The summed E-state index contributed by atoms with van der Waals surface area (Å²) in [7, 11) is 1.51. The zero-order valence-electron chi connectivity index (χ0n) is 13.4. The van der Waals surface area contributed by atoms with E-state index in [9.17, 15) is 9.18 Å². The number of ether oxygens (including phenoxy) is 1. The van der Waals surface area contributed by atoms with Crippen LogP contribution in [-0.2, 0) is 11.3 Å². The molecule has 0 aliphatic rings. The predicted molar refractivity (Wildman–Crippen MR) is 87.4 cm³/mol. The number of methoxy groups -OCH3 is 1. The van der Waals surface area contributed by atoms with Crippen molar-refractivity contribution < 1.29 is 18.4 Å². The van der Waals surface area contributed by atoms with Crippen LogP contribution in [0.5, 0.6) is 0 Å². The van der Waals surface area contributed by atoms with E-state index in [2.05, 4.69) is 15.5 Å². The average Bonchev–Trinajstić information content (AvgIpc) is 3.13. The fourth-order valence-corrected chi connectivity index (χ4v) is 3.57. The van der Waals surface area contributed by atoms with Crippen molar-refractivity contribution in [2.75, 3.05) is 7.11 Å². The van der Waals surface area contributed by atoms with Crippen LogP contribution in [-0.4, -0.2) is 23.2 Å².